The van der Waals surface area contributed by atoms with Crippen LogP contribution in [0.2, 0.25) is 0 Å². The number of aromatic nitrogens is 2. The lowest BCUT2D eigenvalue weighted by Crippen LogP contribution is -2.28. The van der Waals surface area contributed by atoms with E-state index in [0.717, 1.165) is 18.5 Å². The van der Waals surface area contributed by atoms with Crippen LogP contribution in [-0.4, -0.2) is 22.0 Å². The second-order valence-corrected chi connectivity index (χ2v) is 3.97. The summed E-state index contributed by atoms with van der Waals surface area (Å²) in [5, 5.41) is 4.11. The summed E-state index contributed by atoms with van der Waals surface area (Å²) < 4.78 is 7.55. The Balaban J connectivity index is 2.09. The minimum absolute atomic E-state index is 0.0487. The van der Waals surface area contributed by atoms with Gasteiger partial charge in [0.1, 0.15) is 0 Å². The first-order chi connectivity index (χ1) is 6.68. The summed E-state index contributed by atoms with van der Waals surface area (Å²) in [6, 6.07) is 1.91. The van der Waals surface area contributed by atoms with Gasteiger partial charge in [-0.2, -0.15) is 5.10 Å². The Kier molecular flexibility index (Phi) is 2.56. The van der Waals surface area contributed by atoms with E-state index in [9.17, 15) is 0 Å². The SMILES string of the molecule is CC1CCC(C(N)c2ccnn2C)O1. The maximum atomic E-state index is 6.12. The number of hydrogen-bond donors (Lipinski definition) is 1. The van der Waals surface area contributed by atoms with Crippen molar-refractivity contribution in [2.24, 2.45) is 12.8 Å². The normalized spacial score (nSPS) is 29.4. The van der Waals surface area contributed by atoms with E-state index in [1.54, 1.807) is 6.20 Å². The molecule has 0 bridgehead atoms. The van der Waals surface area contributed by atoms with E-state index in [1.165, 1.54) is 0 Å². The smallest absolute Gasteiger partial charge is 0.0787 e. The summed E-state index contributed by atoms with van der Waals surface area (Å²) in [5.74, 6) is 0. The van der Waals surface area contributed by atoms with Gasteiger partial charge in [0.05, 0.1) is 23.9 Å². The highest BCUT2D eigenvalue weighted by molar-refractivity contribution is 5.08. The zero-order valence-electron chi connectivity index (χ0n) is 8.68. The highest BCUT2D eigenvalue weighted by atomic mass is 16.5. The standard InChI is InChI=1S/C10H17N3O/c1-7-3-4-9(14-7)10(11)8-5-6-12-13(8)2/h5-7,9-10H,3-4,11H2,1-2H3. The molecule has 78 valence electrons. The van der Waals surface area contributed by atoms with Gasteiger partial charge in [-0.05, 0) is 25.8 Å². The molecule has 2 heterocycles. The van der Waals surface area contributed by atoms with Crippen LogP contribution in [0.15, 0.2) is 12.3 Å². The van der Waals surface area contributed by atoms with Crippen molar-refractivity contribution in [1.29, 1.82) is 0 Å². The fourth-order valence-electron chi connectivity index (χ4n) is 2.00. The van der Waals surface area contributed by atoms with Crippen molar-refractivity contribution in [3.8, 4) is 0 Å². The molecular formula is C10H17N3O. The van der Waals surface area contributed by atoms with Crippen LogP contribution >= 0.6 is 0 Å². The lowest BCUT2D eigenvalue weighted by atomic mass is 10.1. The summed E-state index contributed by atoms with van der Waals surface area (Å²) in [6.07, 6.45) is 4.43. The van der Waals surface area contributed by atoms with Gasteiger partial charge >= 0.3 is 0 Å². The highest BCUT2D eigenvalue weighted by Crippen LogP contribution is 2.27. The zero-order valence-corrected chi connectivity index (χ0v) is 8.68. The molecule has 4 heteroatoms. The molecule has 1 aromatic heterocycles. The highest BCUT2D eigenvalue weighted by Gasteiger charge is 2.29. The summed E-state index contributed by atoms with van der Waals surface area (Å²) in [7, 11) is 1.91. The third kappa shape index (κ3) is 1.67. The number of nitrogens with zero attached hydrogens (tertiary/aromatic N) is 2. The topological polar surface area (TPSA) is 53.1 Å². The predicted octanol–water partition coefficient (Wildman–Crippen LogP) is 0.987. The van der Waals surface area contributed by atoms with Crippen LogP contribution < -0.4 is 5.73 Å². The van der Waals surface area contributed by atoms with E-state index in [4.69, 9.17) is 10.5 Å². The van der Waals surface area contributed by atoms with Crippen LogP contribution in [0.25, 0.3) is 0 Å². The molecule has 0 saturated carbocycles. The summed E-state index contributed by atoms with van der Waals surface area (Å²) in [6.45, 7) is 2.09. The molecule has 3 unspecified atom stereocenters. The molecule has 1 aliphatic rings. The molecule has 0 spiro atoms. The predicted molar refractivity (Wildman–Crippen MR) is 53.7 cm³/mol. The van der Waals surface area contributed by atoms with Crippen LogP contribution in [0.5, 0.6) is 0 Å². The minimum Gasteiger partial charge on any atom is -0.373 e. The Bertz CT molecular complexity index is 310. The lowest BCUT2D eigenvalue weighted by Gasteiger charge is -2.19. The quantitative estimate of drug-likeness (QED) is 0.765. The number of rotatable bonds is 2. The average Bonchev–Trinajstić information content (AvgIpc) is 2.73. The molecule has 4 nitrogen and oxygen atoms in total. The summed E-state index contributed by atoms with van der Waals surface area (Å²) >= 11 is 0. The maximum Gasteiger partial charge on any atom is 0.0787 e. The molecule has 1 saturated heterocycles. The van der Waals surface area contributed by atoms with E-state index in [-0.39, 0.29) is 12.1 Å². The van der Waals surface area contributed by atoms with Crippen molar-refractivity contribution >= 4 is 0 Å². The molecule has 0 aliphatic carbocycles. The van der Waals surface area contributed by atoms with Crippen LogP contribution in [0.4, 0.5) is 0 Å². The van der Waals surface area contributed by atoms with Crippen LogP contribution in [0.1, 0.15) is 31.5 Å². The number of ether oxygens (including phenoxy) is 1. The van der Waals surface area contributed by atoms with Gasteiger partial charge in [0, 0.05) is 13.2 Å². The zero-order chi connectivity index (χ0) is 10.1. The summed E-state index contributed by atoms with van der Waals surface area (Å²) in [5.41, 5.74) is 7.17. The Morgan fingerprint density at radius 3 is 2.93 bits per heavy atom. The Hall–Kier alpha value is -0.870. The van der Waals surface area contributed by atoms with Crippen molar-refractivity contribution in [2.45, 2.75) is 38.0 Å². The maximum absolute atomic E-state index is 6.12. The van der Waals surface area contributed by atoms with Crippen molar-refractivity contribution in [3.63, 3.8) is 0 Å². The van der Waals surface area contributed by atoms with E-state index >= 15 is 0 Å². The molecule has 0 radical (unpaired) electrons. The largest absolute Gasteiger partial charge is 0.373 e. The Morgan fingerprint density at radius 1 is 1.64 bits per heavy atom. The van der Waals surface area contributed by atoms with E-state index in [2.05, 4.69) is 12.0 Å². The monoisotopic (exact) mass is 195 g/mol. The van der Waals surface area contributed by atoms with E-state index in [1.807, 2.05) is 17.8 Å². The van der Waals surface area contributed by atoms with Crippen molar-refractivity contribution in [1.82, 2.24) is 9.78 Å². The molecule has 14 heavy (non-hydrogen) atoms. The fraction of sp³-hybridized carbons (Fsp3) is 0.700. The van der Waals surface area contributed by atoms with E-state index < -0.39 is 0 Å². The number of hydrogen-bond acceptors (Lipinski definition) is 3. The second-order valence-electron chi connectivity index (χ2n) is 3.97. The lowest BCUT2D eigenvalue weighted by molar-refractivity contribution is 0.0386. The first kappa shape index (κ1) is 9.68. The average molecular weight is 195 g/mol. The van der Waals surface area contributed by atoms with Gasteiger partial charge in [-0.25, -0.2) is 0 Å². The van der Waals surface area contributed by atoms with Crippen molar-refractivity contribution in [2.75, 3.05) is 0 Å². The van der Waals surface area contributed by atoms with Gasteiger partial charge in [-0.3, -0.25) is 4.68 Å². The third-order valence-electron chi connectivity index (χ3n) is 2.87. The van der Waals surface area contributed by atoms with Gasteiger partial charge in [0.15, 0.2) is 0 Å². The summed E-state index contributed by atoms with van der Waals surface area (Å²) in [4.78, 5) is 0. The van der Waals surface area contributed by atoms with Gasteiger partial charge in [0.2, 0.25) is 0 Å². The molecule has 1 aromatic rings. The molecular weight excluding hydrogens is 178 g/mol. The minimum atomic E-state index is -0.0487. The van der Waals surface area contributed by atoms with Gasteiger partial charge in [-0.1, -0.05) is 0 Å². The van der Waals surface area contributed by atoms with Crippen LogP contribution in [-0.2, 0) is 11.8 Å². The molecule has 2 N–H and O–H groups in total. The first-order valence-corrected chi connectivity index (χ1v) is 5.07. The molecule has 0 aromatic carbocycles. The molecule has 0 amide bonds. The van der Waals surface area contributed by atoms with Crippen LogP contribution in [0.3, 0.4) is 0 Å². The van der Waals surface area contributed by atoms with Crippen molar-refractivity contribution in [3.05, 3.63) is 18.0 Å². The van der Waals surface area contributed by atoms with Gasteiger partial charge < -0.3 is 10.5 Å². The van der Waals surface area contributed by atoms with Crippen LogP contribution in [0, 0.1) is 0 Å². The molecule has 1 aliphatic heterocycles. The van der Waals surface area contributed by atoms with E-state index in [0.29, 0.717) is 6.10 Å². The molecule has 3 atom stereocenters. The Morgan fingerprint density at radius 2 is 2.43 bits per heavy atom. The molecule has 2 rings (SSSR count). The number of nitrogens with two attached hydrogens (primary N) is 1. The third-order valence-corrected chi connectivity index (χ3v) is 2.87. The Labute approximate surface area is 84.0 Å². The van der Waals surface area contributed by atoms with Gasteiger partial charge in [-0.15, -0.1) is 0 Å². The second kappa shape index (κ2) is 3.71. The first-order valence-electron chi connectivity index (χ1n) is 5.07. The molecule has 1 fully saturated rings. The van der Waals surface area contributed by atoms with Gasteiger partial charge in [0.25, 0.3) is 0 Å². The van der Waals surface area contributed by atoms with Crippen molar-refractivity contribution < 1.29 is 4.74 Å². The fourth-order valence-corrected chi connectivity index (χ4v) is 2.00. The number of aryl methyl sites for hydroxylation is 1.